The lowest BCUT2D eigenvalue weighted by molar-refractivity contribution is -0.122. The Morgan fingerprint density at radius 3 is 2.59 bits per heavy atom. The van der Waals surface area contributed by atoms with Crippen LogP contribution >= 0.6 is 12.2 Å². The first-order valence-electron chi connectivity index (χ1n) is 6.96. The molecule has 0 unspecified atom stereocenters. The van der Waals surface area contributed by atoms with E-state index in [1.807, 2.05) is 43.3 Å². The number of rotatable bonds is 3. The molecule has 0 N–H and O–H groups in total. The quantitative estimate of drug-likeness (QED) is 0.643. The molecule has 0 bridgehead atoms. The zero-order valence-electron chi connectivity index (χ0n) is 12.3. The maximum atomic E-state index is 12.2. The summed E-state index contributed by atoms with van der Waals surface area (Å²) in [6, 6.07) is 11.7. The van der Waals surface area contributed by atoms with Gasteiger partial charge in [0, 0.05) is 11.9 Å². The Morgan fingerprint density at radius 1 is 1.23 bits per heavy atom. The van der Waals surface area contributed by atoms with Crippen molar-refractivity contribution in [3.05, 3.63) is 47.7 Å². The SMILES string of the molecule is CCN1C(=O)C(=Cc2ccc(OC)c3ccccc23)OC1=S. The summed E-state index contributed by atoms with van der Waals surface area (Å²) in [7, 11) is 1.64. The number of hydrogen-bond donors (Lipinski definition) is 0. The van der Waals surface area contributed by atoms with Gasteiger partial charge in [0.25, 0.3) is 11.1 Å². The van der Waals surface area contributed by atoms with Crippen molar-refractivity contribution in [1.82, 2.24) is 4.90 Å². The molecule has 0 aromatic heterocycles. The van der Waals surface area contributed by atoms with Crippen LogP contribution in [0, 0.1) is 0 Å². The third-order valence-electron chi connectivity index (χ3n) is 3.61. The summed E-state index contributed by atoms with van der Waals surface area (Å²) in [5, 5.41) is 2.18. The van der Waals surface area contributed by atoms with Crippen LogP contribution in [-0.2, 0) is 9.53 Å². The number of hydrogen-bond acceptors (Lipinski definition) is 4. The van der Waals surface area contributed by atoms with Gasteiger partial charge in [-0.05, 0) is 42.2 Å². The van der Waals surface area contributed by atoms with Crippen LogP contribution in [0.5, 0.6) is 5.75 Å². The summed E-state index contributed by atoms with van der Waals surface area (Å²) in [5.74, 6) is 0.844. The van der Waals surface area contributed by atoms with E-state index in [4.69, 9.17) is 21.7 Å². The number of amides is 1. The number of methoxy groups -OCH3 is 1. The van der Waals surface area contributed by atoms with E-state index in [9.17, 15) is 4.79 Å². The van der Waals surface area contributed by atoms with E-state index in [2.05, 4.69) is 0 Å². The molecule has 112 valence electrons. The van der Waals surface area contributed by atoms with Gasteiger partial charge in [-0.2, -0.15) is 0 Å². The minimum Gasteiger partial charge on any atom is -0.496 e. The first-order valence-corrected chi connectivity index (χ1v) is 7.37. The molecule has 4 nitrogen and oxygen atoms in total. The molecule has 1 saturated heterocycles. The van der Waals surface area contributed by atoms with Crippen molar-refractivity contribution in [2.24, 2.45) is 0 Å². The first kappa shape index (κ1) is 14.5. The Labute approximate surface area is 133 Å². The van der Waals surface area contributed by atoms with Crippen LogP contribution in [0.2, 0.25) is 0 Å². The van der Waals surface area contributed by atoms with Gasteiger partial charge in [0.1, 0.15) is 5.75 Å². The summed E-state index contributed by atoms with van der Waals surface area (Å²) in [5.41, 5.74) is 0.889. The van der Waals surface area contributed by atoms with Crippen molar-refractivity contribution < 1.29 is 14.3 Å². The van der Waals surface area contributed by atoms with Crippen molar-refractivity contribution >= 4 is 40.1 Å². The first-order chi connectivity index (χ1) is 10.7. The second-order valence-corrected chi connectivity index (χ2v) is 5.18. The number of carbonyl (C=O) groups excluding carboxylic acids is 1. The molecule has 1 aliphatic rings. The van der Waals surface area contributed by atoms with E-state index >= 15 is 0 Å². The van der Waals surface area contributed by atoms with E-state index in [0.717, 1.165) is 22.1 Å². The molecule has 1 fully saturated rings. The van der Waals surface area contributed by atoms with Crippen LogP contribution in [0.25, 0.3) is 16.8 Å². The van der Waals surface area contributed by atoms with Crippen LogP contribution < -0.4 is 4.74 Å². The fraction of sp³-hybridized carbons (Fsp3) is 0.176. The van der Waals surface area contributed by atoms with E-state index < -0.39 is 0 Å². The van der Waals surface area contributed by atoms with E-state index in [0.29, 0.717) is 6.54 Å². The predicted molar refractivity (Wildman–Crippen MR) is 89.5 cm³/mol. The highest BCUT2D eigenvalue weighted by Gasteiger charge is 2.32. The molecule has 3 rings (SSSR count). The van der Waals surface area contributed by atoms with Gasteiger partial charge in [0.15, 0.2) is 5.76 Å². The molecule has 0 radical (unpaired) electrons. The Balaban J connectivity index is 2.11. The number of fused-ring (bicyclic) bond motifs is 1. The minimum absolute atomic E-state index is 0.201. The Bertz CT molecular complexity index is 798. The van der Waals surface area contributed by atoms with Crippen molar-refractivity contribution in [1.29, 1.82) is 0 Å². The van der Waals surface area contributed by atoms with Crippen molar-refractivity contribution in [2.75, 3.05) is 13.7 Å². The molecular weight excluding hydrogens is 298 g/mol. The van der Waals surface area contributed by atoms with Crippen molar-refractivity contribution in [3.8, 4) is 5.75 Å². The molecule has 1 aliphatic heterocycles. The smallest absolute Gasteiger partial charge is 0.297 e. The topological polar surface area (TPSA) is 38.8 Å². The number of nitrogens with zero attached hydrogens (tertiary/aromatic N) is 1. The Hall–Kier alpha value is -2.40. The summed E-state index contributed by atoms with van der Waals surface area (Å²) >= 11 is 5.07. The Kier molecular flexibility index (Phi) is 3.81. The maximum Gasteiger partial charge on any atom is 0.297 e. The number of ether oxygens (including phenoxy) is 2. The summed E-state index contributed by atoms with van der Waals surface area (Å²) in [4.78, 5) is 13.7. The molecule has 1 heterocycles. The van der Waals surface area contributed by atoms with Gasteiger partial charge < -0.3 is 9.47 Å². The second kappa shape index (κ2) is 5.77. The van der Waals surface area contributed by atoms with E-state index in [1.54, 1.807) is 13.2 Å². The van der Waals surface area contributed by atoms with Gasteiger partial charge in [0.05, 0.1) is 7.11 Å². The molecule has 5 heteroatoms. The normalized spacial score (nSPS) is 16.5. The molecule has 22 heavy (non-hydrogen) atoms. The number of carbonyl (C=O) groups is 1. The van der Waals surface area contributed by atoms with Crippen LogP contribution in [0.3, 0.4) is 0 Å². The van der Waals surface area contributed by atoms with Crippen LogP contribution in [-0.4, -0.2) is 29.6 Å². The number of likely N-dealkylation sites (N-methyl/N-ethyl adjacent to an activating group) is 1. The summed E-state index contributed by atoms with van der Waals surface area (Å²) in [6.45, 7) is 2.36. The second-order valence-electron chi connectivity index (χ2n) is 4.83. The van der Waals surface area contributed by atoms with Crippen LogP contribution in [0.4, 0.5) is 0 Å². The molecule has 0 aliphatic carbocycles. The minimum atomic E-state index is -0.201. The Morgan fingerprint density at radius 2 is 1.95 bits per heavy atom. The molecule has 0 spiro atoms. The lowest BCUT2D eigenvalue weighted by Gasteiger charge is -2.08. The standard InChI is InChI=1S/C17H15NO3S/c1-3-18-16(19)15(21-17(18)22)10-11-8-9-14(20-2)13-7-5-4-6-12(11)13/h4-10H,3H2,1-2H3. The highest BCUT2D eigenvalue weighted by atomic mass is 32.1. The summed E-state index contributed by atoms with van der Waals surface area (Å²) < 4.78 is 10.8. The lowest BCUT2D eigenvalue weighted by atomic mass is 10.0. The molecule has 1 amide bonds. The fourth-order valence-electron chi connectivity index (χ4n) is 2.51. The lowest BCUT2D eigenvalue weighted by Crippen LogP contribution is -2.27. The zero-order valence-corrected chi connectivity index (χ0v) is 13.1. The predicted octanol–water partition coefficient (Wildman–Crippen LogP) is 3.35. The molecule has 2 aromatic rings. The number of benzene rings is 2. The highest BCUT2D eigenvalue weighted by molar-refractivity contribution is 7.80. The molecule has 0 atom stereocenters. The third-order valence-corrected chi connectivity index (χ3v) is 3.92. The third kappa shape index (κ3) is 2.33. The monoisotopic (exact) mass is 313 g/mol. The van der Waals surface area contributed by atoms with Gasteiger partial charge in [0.2, 0.25) is 0 Å². The van der Waals surface area contributed by atoms with Gasteiger partial charge in [-0.3, -0.25) is 9.69 Å². The average molecular weight is 313 g/mol. The van der Waals surface area contributed by atoms with Crippen molar-refractivity contribution in [2.45, 2.75) is 6.92 Å². The largest absolute Gasteiger partial charge is 0.496 e. The van der Waals surface area contributed by atoms with E-state index in [1.165, 1.54) is 4.90 Å². The van der Waals surface area contributed by atoms with Gasteiger partial charge >= 0.3 is 0 Å². The van der Waals surface area contributed by atoms with Gasteiger partial charge in [-0.25, -0.2) is 0 Å². The molecular formula is C17H15NO3S. The van der Waals surface area contributed by atoms with Crippen LogP contribution in [0.15, 0.2) is 42.2 Å². The average Bonchev–Trinajstić information content (AvgIpc) is 2.81. The summed E-state index contributed by atoms with van der Waals surface area (Å²) in [6.07, 6.45) is 1.73. The fourth-order valence-corrected chi connectivity index (χ4v) is 2.81. The van der Waals surface area contributed by atoms with E-state index in [-0.39, 0.29) is 16.8 Å². The molecule has 2 aromatic carbocycles. The van der Waals surface area contributed by atoms with Gasteiger partial charge in [-0.15, -0.1) is 0 Å². The number of thiocarbonyl (C=S) groups is 1. The van der Waals surface area contributed by atoms with Crippen LogP contribution in [0.1, 0.15) is 12.5 Å². The highest BCUT2D eigenvalue weighted by Crippen LogP contribution is 2.30. The molecule has 0 saturated carbocycles. The maximum absolute atomic E-state index is 12.2. The van der Waals surface area contributed by atoms with Crippen molar-refractivity contribution in [3.63, 3.8) is 0 Å². The van der Waals surface area contributed by atoms with Gasteiger partial charge in [-0.1, -0.05) is 30.3 Å². The zero-order chi connectivity index (χ0) is 15.7.